The molecule has 0 radical (unpaired) electrons. The maximum atomic E-state index is 13.0. The lowest BCUT2D eigenvalue weighted by molar-refractivity contribution is -0.138. The van der Waals surface area contributed by atoms with Gasteiger partial charge >= 0.3 is 5.97 Å². The number of nitrogen functional groups attached to an aromatic ring is 1. The first-order valence-electron chi connectivity index (χ1n) is 9.01. The molecule has 142 valence electrons. The first-order chi connectivity index (χ1) is 13.7. The van der Waals surface area contributed by atoms with Gasteiger partial charge in [0.15, 0.2) is 11.6 Å². The highest BCUT2D eigenvalue weighted by atomic mass is 16.5. The summed E-state index contributed by atoms with van der Waals surface area (Å²) < 4.78 is 16.2. The lowest BCUT2D eigenvalue weighted by Gasteiger charge is -2.16. The van der Waals surface area contributed by atoms with Crippen molar-refractivity contribution < 1.29 is 18.8 Å². The van der Waals surface area contributed by atoms with Gasteiger partial charge in [0.2, 0.25) is 0 Å². The Morgan fingerprint density at radius 1 is 1.14 bits per heavy atom. The Kier molecular flexibility index (Phi) is 4.61. The van der Waals surface area contributed by atoms with Gasteiger partial charge in [-0.1, -0.05) is 47.6 Å². The second-order valence-electron chi connectivity index (χ2n) is 6.39. The summed E-state index contributed by atoms with van der Waals surface area (Å²) in [4.78, 5) is 13.0. The van der Waals surface area contributed by atoms with E-state index in [2.05, 4.69) is 5.16 Å². The zero-order chi connectivity index (χ0) is 19.7. The van der Waals surface area contributed by atoms with Crippen LogP contribution in [0.1, 0.15) is 35.3 Å². The Bertz CT molecular complexity index is 1040. The third-order valence-corrected chi connectivity index (χ3v) is 4.84. The molecular weight excluding hydrogens is 356 g/mol. The third kappa shape index (κ3) is 2.83. The number of aromatic nitrogens is 1. The number of nitrogens with two attached hydrogens (primary N) is 1. The molecule has 28 heavy (non-hydrogen) atoms. The smallest absolute Gasteiger partial charge is 0.335 e. The number of ether oxygens (including phenoxy) is 2. The van der Waals surface area contributed by atoms with E-state index in [1.165, 1.54) is 0 Å². The lowest BCUT2D eigenvalue weighted by Crippen LogP contribution is -2.15. The Morgan fingerprint density at radius 3 is 2.50 bits per heavy atom. The van der Waals surface area contributed by atoms with Crippen molar-refractivity contribution in [1.82, 2.24) is 5.16 Å². The Labute approximate surface area is 162 Å². The molecule has 2 aromatic carbocycles. The van der Waals surface area contributed by atoms with Crippen LogP contribution in [0.5, 0.6) is 5.75 Å². The van der Waals surface area contributed by atoms with Crippen molar-refractivity contribution in [2.45, 2.75) is 12.8 Å². The van der Waals surface area contributed by atoms with E-state index >= 15 is 0 Å². The molecular formula is C22H20N2O4. The molecule has 1 aliphatic rings. The number of nitrogens with zero attached hydrogens (tertiary/aromatic N) is 1. The van der Waals surface area contributed by atoms with Gasteiger partial charge < -0.3 is 19.7 Å². The summed E-state index contributed by atoms with van der Waals surface area (Å²) in [7, 11) is 1.61. The van der Waals surface area contributed by atoms with E-state index in [-0.39, 0.29) is 12.4 Å². The van der Waals surface area contributed by atoms with Crippen molar-refractivity contribution in [3.05, 3.63) is 82.6 Å². The fourth-order valence-corrected chi connectivity index (χ4v) is 3.63. The van der Waals surface area contributed by atoms with Gasteiger partial charge in [0.25, 0.3) is 0 Å². The van der Waals surface area contributed by atoms with Crippen LogP contribution in [0.15, 0.2) is 64.7 Å². The number of anilines is 1. The maximum absolute atomic E-state index is 13.0. The van der Waals surface area contributed by atoms with E-state index in [1.54, 1.807) is 14.0 Å². The summed E-state index contributed by atoms with van der Waals surface area (Å²) in [6, 6.07) is 17.1. The van der Waals surface area contributed by atoms with Crippen molar-refractivity contribution >= 4 is 17.4 Å². The molecule has 0 aliphatic heterocycles. The van der Waals surface area contributed by atoms with Gasteiger partial charge in [-0.25, -0.2) is 4.79 Å². The Hall–Kier alpha value is -3.54. The zero-order valence-corrected chi connectivity index (χ0v) is 15.6. The normalized spacial score (nSPS) is 15.4. The van der Waals surface area contributed by atoms with Crippen molar-refractivity contribution in [2.24, 2.45) is 0 Å². The molecule has 1 aliphatic carbocycles. The fraction of sp³-hybridized carbons (Fsp3) is 0.182. The van der Waals surface area contributed by atoms with Crippen LogP contribution in [0.2, 0.25) is 0 Å². The van der Waals surface area contributed by atoms with E-state index in [1.807, 2.05) is 54.6 Å². The second-order valence-corrected chi connectivity index (χ2v) is 6.39. The quantitative estimate of drug-likeness (QED) is 0.682. The minimum Gasteiger partial charge on any atom is -0.497 e. The third-order valence-electron chi connectivity index (χ3n) is 4.84. The average Bonchev–Trinajstić information content (AvgIpc) is 3.27. The number of fused-ring (bicyclic) bond motifs is 1. The van der Waals surface area contributed by atoms with Crippen molar-refractivity contribution in [3.8, 4) is 5.75 Å². The number of methoxy groups -OCH3 is 1. The second kappa shape index (κ2) is 7.23. The van der Waals surface area contributed by atoms with Crippen LogP contribution in [0.3, 0.4) is 0 Å². The number of carbonyl (C=O) groups is 1. The molecule has 0 spiro atoms. The summed E-state index contributed by atoms with van der Waals surface area (Å²) >= 11 is 0. The summed E-state index contributed by atoms with van der Waals surface area (Å²) in [5, 5.41) is 3.96. The summed E-state index contributed by atoms with van der Waals surface area (Å²) in [6.45, 7) is 2.06. The number of esters is 1. The van der Waals surface area contributed by atoms with Crippen LogP contribution in [0.25, 0.3) is 5.57 Å². The molecule has 0 bridgehead atoms. The summed E-state index contributed by atoms with van der Waals surface area (Å²) in [5.41, 5.74) is 9.71. The van der Waals surface area contributed by atoms with Gasteiger partial charge in [0, 0.05) is 11.5 Å². The van der Waals surface area contributed by atoms with Crippen molar-refractivity contribution in [3.63, 3.8) is 0 Å². The van der Waals surface area contributed by atoms with Gasteiger partial charge in [-0.15, -0.1) is 0 Å². The van der Waals surface area contributed by atoms with Crippen LogP contribution in [0.4, 0.5) is 5.82 Å². The topological polar surface area (TPSA) is 87.6 Å². The van der Waals surface area contributed by atoms with E-state index in [9.17, 15) is 4.79 Å². The molecule has 1 aromatic heterocycles. The van der Waals surface area contributed by atoms with Crippen LogP contribution in [-0.4, -0.2) is 24.8 Å². The van der Waals surface area contributed by atoms with E-state index in [0.29, 0.717) is 22.5 Å². The van der Waals surface area contributed by atoms with Gasteiger partial charge in [0.1, 0.15) is 5.75 Å². The number of hydrogen-bond donors (Lipinski definition) is 1. The average molecular weight is 376 g/mol. The predicted molar refractivity (Wildman–Crippen MR) is 105 cm³/mol. The highest BCUT2D eigenvalue weighted by Gasteiger charge is 2.42. The van der Waals surface area contributed by atoms with Crippen LogP contribution >= 0.6 is 0 Å². The first-order valence-corrected chi connectivity index (χ1v) is 9.01. The van der Waals surface area contributed by atoms with Gasteiger partial charge in [0.05, 0.1) is 24.9 Å². The molecule has 6 heteroatoms. The van der Waals surface area contributed by atoms with Crippen LogP contribution in [0, 0.1) is 0 Å². The SMILES string of the molecule is CCOC(=O)C1=C(c2ccc(OC)cc2)c2onc(N)c2[C@H]1c1ccccc1. The van der Waals surface area contributed by atoms with E-state index in [4.69, 9.17) is 19.7 Å². The van der Waals surface area contributed by atoms with Crippen molar-refractivity contribution in [2.75, 3.05) is 19.5 Å². The molecule has 6 nitrogen and oxygen atoms in total. The molecule has 1 heterocycles. The number of carbonyl (C=O) groups excluding carboxylic acids is 1. The Morgan fingerprint density at radius 2 is 1.86 bits per heavy atom. The van der Waals surface area contributed by atoms with Crippen LogP contribution < -0.4 is 10.5 Å². The molecule has 0 fully saturated rings. The van der Waals surface area contributed by atoms with Crippen molar-refractivity contribution in [1.29, 1.82) is 0 Å². The molecule has 0 saturated carbocycles. The van der Waals surface area contributed by atoms with Gasteiger partial charge in [-0.3, -0.25) is 0 Å². The van der Waals surface area contributed by atoms with Crippen LogP contribution in [-0.2, 0) is 9.53 Å². The maximum Gasteiger partial charge on any atom is 0.335 e. The molecule has 0 saturated heterocycles. The fourth-order valence-electron chi connectivity index (χ4n) is 3.63. The molecule has 0 unspecified atom stereocenters. The monoisotopic (exact) mass is 376 g/mol. The highest BCUT2D eigenvalue weighted by Crippen LogP contribution is 2.50. The standard InChI is InChI=1S/C22H20N2O4/c1-3-27-22(25)18-16(13-7-5-4-6-8-13)19-20(28-24-21(19)23)17(18)14-9-11-15(26-2)12-10-14/h4-12,16H,3H2,1-2H3,(H2,23,24)/t16-/m0/s1. The van der Waals surface area contributed by atoms with Gasteiger partial charge in [-0.2, -0.15) is 0 Å². The number of benzene rings is 2. The highest BCUT2D eigenvalue weighted by molar-refractivity contribution is 6.07. The van der Waals surface area contributed by atoms with Gasteiger partial charge in [-0.05, 0) is 30.2 Å². The Balaban J connectivity index is 1.98. The zero-order valence-electron chi connectivity index (χ0n) is 15.6. The largest absolute Gasteiger partial charge is 0.497 e. The molecule has 1 atom stereocenters. The molecule has 4 rings (SSSR count). The summed E-state index contributed by atoms with van der Waals surface area (Å²) in [6.07, 6.45) is 0. The first kappa shape index (κ1) is 17.9. The number of hydrogen-bond acceptors (Lipinski definition) is 6. The minimum absolute atomic E-state index is 0.272. The lowest BCUT2D eigenvalue weighted by atomic mass is 9.88. The molecule has 3 aromatic rings. The van der Waals surface area contributed by atoms with E-state index < -0.39 is 11.9 Å². The predicted octanol–water partition coefficient (Wildman–Crippen LogP) is 3.78. The molecule has 0 amide bonds. The minimum atomic E-state index is -0.404. The number of rotatable bonds is 5. The van der Waals surface area contributed by atoms with E-state index in [0.717, 1.165) is 16.9 Å². The summed E-state index contributed by atoms with van der Waals surface area (Å²) in [5.74, 6) is 0.692. The molecule has 2 N–H and O–H groups in total.